The van der Waals surface area contributed by atoms with Crippen molar-refractivity contribution in [1.29, 1.82) is 0 Å². The number of aromatic nitrogens is 1. The number of para-hydroxylation sites is 1. The average molecular weight is 258 g/mol. The number of nitrogens with one attached hydrogen (secondary N) is 1. The molecule has 100 valence electrons. The first kappa shape index (κ1) is 13.4. The molecule has 4 heteroatoms. The molecule has 0 saturated heterocycles. The van der Waals surface area contributed by atoms with Crippen LogP contribution in [0, 0.1) is 0 Å². The minimum absolute atomic E-state index is 0.494. The van der Waals surface area contributed by atoms with E-state index >= 15 is 0 Å². The Labute approximate surface area is 113 Å². The van der Waals surface area contributed by atoms with Gasteiger partial charge in [-0.2, -0.15) is 0 Å². The van der Waals surface area contributed by atoms with E-state index in [1.165, 1.54) is 0 Å². The van der Waals surface area contributed by atoms with E-state index in [1.54, 1.807) is 6.20 Å². The second-order valence-corrected chi connectivity index (χ2v) is 4.00. The largest absolute Gasteiger partial charge is 0.491 e. The number of ether oxygens (including phenoxy) is 2. The van der Waals surface area contributed by atoms with E-state index in [1.807, 2.05) is 49.5 Å². The number of benzene rings is 1. The molecule has 1 heterocycles. The molecule has 4 nitrogen and oxygen atoms in total. The highest BCUT2D eigenvalue weighted by atomic mass is 16.5. The summed E-state index contributed by atoms with van der Waals surface area (Å²) in [6.07, 6.45) is 1.77. The lowest BCUT2D eigenvalue weighted by atomic mass is 10.3. The van der Waals surface area contributed by atoms with E-state index in [4.69, 9.17) is 9.47 Å². The Morgan fingerprint density at radius 2 is 1.95 bits per heavy atom. The van der Waals surface area contributed by atoms with Crippen molar-refractivity contribution in [2.24, 2.45) is 0 Å². The third kappa shape index (κ3) is 4.60. The molecule has 0 radical (unpaired) electrons. The second-order valence-electron chi connectivity index (χ2n) is 4.00. The highest BCUT2D eigenvalue weighted by Crippen LogP contribution is 2.09. The van der Waals surface area contributed by atoms with Crippen molar-refractivity contribution in [3.05, 3.63) is 54.4 Å². The minimum Gasteiger partial charge on any atom is -0.491 e. The van der Waals surface area contributed by atoms with Crippen LogP contribution in [0.5, 0.6) is 5.75 Å². The van der Waals surface area contributed by atoms with E-state index in [0.29, 0.717) is 19.8 Å². The molecular weight excluding hydrogens is 240 g/mol. The van der Waals surface area contributed by atoms with Crippen molar-refractivity contribution in [1.82, 2.24) is 4.98 Å². The molecule has 0 aliphatic heterocycles. The Kier molecular flexibility index (Phi) is 5.19. The van der Waals surface area contributed by atoms with Crippen LogP contribution in [-0.2, 0) is 11.3 Å². The van der Waals surface area contributed by atoms with Crippen molar-refractivity contribution in [2.45, 2.75) is 6.61 Å². The fourth-order valence-electron chi connectivity index (χ4n) is 1.62. The third-order valence-electron chi connectivity index (χ3n) is 2.59. The van der Waals surface area contributed by atoms with E-state index in [-0.39, 0.29) is 0 Å². The molecule has 0 unspecified atom stereocenters. The van der Waals surface area contributed by atoms with Gasteiger partial charge in [0.2, 0.25) is 0 Å². The van der Waals surface area contributed by atoms with Crippen LogP contribution in [0.1, 0.15) is 5.69 Å². The number of hydrogen-bond acceptors (Lipinski definition) is 4. The molecule has 0 spiro atoms. The normalized spacial score (nSPS) is 10.2. The molecule has 1 aromatic heterocycles. The Morgan fingerprint density at radius 1 is 1.11 bits per heavy atom. The maximum atomic E-state index is 5.53. The van der Waals surface area contributed by atoms with Crippen LogP contribution < -0.4 is 10.1 Å². The third-order valence-corrected chi connectivity index (χ3v) is 2.59. The van der Waals surface area contributed by atoms with Gasteiger partial charge in [0.15, 0.2) is 0 Å². The van der Waals surface area contributed by atoms with Crippen LogP contribution in [0.3, 0.4) is 0 Å². The lowest BCUT2D eigenvalue weighted by Crippen LogP contribution is -2.07. The van der Waals surface area contributed by atoms with Crippen LogP contribution >= 0.6 is 0 Å². The number of nitrogens with zero attached hydrogens (tertiary/aromatic N) is 1. The molecule has 2 aromatic rings. The fourth-order valence-corrected chi connectivity index (χ4v) is 1.62. The molecule has 0 amide bonds. The highest BCUT2D eigenvalue weighted by molar-refractivity contribution is 5.42. The summed E-state index contributed by atoms with van der Waals surface area (Å²) < 4.78 is 11.1. The summed E-state index contributed by atoms with van der Waals surface area (Å²) in [7, 11) is 1.88. The van der Waals surface area contributed by atoms with Crippen molar-refractivity contribution in [3.63, 3.8) is 0 Å². The van der Waals surface area contributed by atoms with Crippen molar-refractivity contribution in [2.75, 3.05) is 25.6 Å². The Hall–Kier alpha value is -2.07. The smallest absolute Gasteiger partial charge is 0.119 e. The summed E-state index contributed by atoms with van der Waals surface area (Å²) in [5.41, 5.74) is 1.95. The van der Waals surface area contributed by atoms with Crippen molar-refractivity contribution >= 4 is 5.69 Å². The molecule has 0 aliphatic rings. The summed E-state index contributed by atoms with van der Waals surface area (Å²) in [5.74, 6) is 0.862. The van der Waals surface area contributed by atoms with Gasteiger partial charge in [-0.3, -0.25) is 4.98 Å². The maximum Gasteiger partial charge on any atom is 0.119 e. The first-order valence-corrected chi connectivity index (χ1v) is 6.27. The van der Waals surface area contributed by atoms with Crippen LogP contribution in [0.2, 0.25) is 0 Å². The monoisotopic (exact) mass is 258 g/mol. The second kappa shape index (κ2) is 7.38. The van der Waals surface area contributed by atoms with E-state index in [2.05, 4.69) is 10.3 Å². The SMILES string of the molecule is CNc1ccnc(COCCOc2ccccc2)c1. The summed E-state index contributed by atoms with van der Waals surface area (Å²) >= 11 is 0. The minimum atomic E-state index is 0.494. The molecule has 0 saturated carbocycles. The summed E-state index contributed by atoms with van der Waals surface area (Å²) in [6.45, 7) is 1.57. The van der Waals surface area contributed by atoms with Gasteiger partial charge in [0.05, 0.1) is 18.9 Å². The topological polar surface area (TPSA) is 43.4 Å². The molecular formula is C15H18N2O2. The van der Waals surface area contributed by atoms with Gasteiger partial charge < -0.3 is 14.8 Å². The van der Waals surface area contributed by atoms with Crippen LogP contribution in [0.25, 0.3) is 0 Å². The molecule has 0 bridgehead atoms. The summed E-state index contributed by atoms with van der Waals surface area (Å²) in [4.78, 5) is 4.24. The zero-order valence-electron chi connectivity index (χ0n) is 11.0. The molecule has 19 heavy (non-hydrogen) atoms. The predicted molar refractivity (Wildman–Crippen MR) is 75.4 cm³/mol. The van der Waals surface area contributed by atoms with Gasteiger partial charge in [0.25, 0.3) is 0 Å². The number of pyridine rings is 1. The van der Waals surface area contributed by atoms with Crippen LogP contribution in [0.4, 0.5) is 5.69 Å². The van der Waals surface area contributed by atoms with E-state index < -0.39 is 0 Å². The Morgan fingerprint density at radius 3 is 2.74 bits per heavy atom. The van der Waals surface area contributed by atoms with E-state index in [9.17, 15) is 0 Å². The van der Waals surface area contributed by atoms with Crippen LogP contribution in [0.15, 0.2) is 48.7 Å². The predicted octanol–water partition coefficient (Wildman–Crippen LogP) is 2.72. The summed E-state index contributed by atoms with van der Waals surface area (Å²) in [6, 6.07) is 13.6. The molecule has 2 rings (SSSR count). The van der Waals surface area contributed by atoms with Crippen molar-refractivity contribution < 1.29 is 9.47 Å². The van der Waals surface area contributed by atoms with Gasteiger partial charge in [0, 0.05) is 18.9 Å². The van der Waals surface area contributed by atoms with Gasteiger partial charge in [-0.1, -0.05) is 18.2 Å². The Bertz CT molecular complexity index is 489. The van der Waals surface area contributed by atoms with Gasteiger partial charge in [-0.15, -0.1) is 0 Å². The van der Waals surface area contributed by atoms with Gasteiger partial charge in [-0.05, 0) is 24.3 Å². The fraction of sp³-hybridized carbons (Fsp3) is 0.267. The van der Waals surface area contributed by atoms with Gasteiger partial charge in [-0.25, -0.2) is 0 Å². The van der Waals surface area contributed by atoms with Crippen molar-refractivity contribution in [3.8, 4) is 5.75 Å². The molecule has 0 atom stereocenters. The lowest BCUT2D eigenvalue weighted by Gasteiger charge is -2.07. The van der Waals surface area contributed by atoms with Gasteiger partial charge >= 0.3 is 0 Å². The zero-order chi connectivity index (χ0) is 13.3. The highest BCUT2D eigenvalue weighted by Gasteiger charge is 1.97. The van der Waals surface area contributed by atoms with Crippen LogP contribution in [-0.4, -0.2) is 25.2 Å². The molecule has 0 aliphatic carbocycles. The average Bonchev–Trinajstić information content (AvgIpc) is 2.48. The quantitative estimate of drug-likeness (QED) is 0.775. The first-order chi connectivity index (χ1) is 9.38. The van der Waals surface area contributed by atoms with Gasteiger partial charge in [0.1, 0.15) is 12.4 Å². The zero-order valence-corrected chi connectivity index (χ0v) is 11.0. The molecule has 0 fully saturated rings. The molecule has 1 N–H and O–H groups in total. The van der Waals surface area contributed by atoms with E-state index in [0.717, 1.165) is 17.1 Å². The lowest BCUT2D eigenvalue weighted by molar-refractivity contribution is 0.0870. The number of anilines is 1. The summed E-state index contributed by atoms with van der Waals surface area (Å²) in [5, 5.41) is 3.07. The first-order valence-electron chi connectivity index (χ1n) is 6.27. The number of rotatable bonds is 7. The Balaban J connectivity index is 1.66. The maximum absolute atomic E-state index is 5.53. The number of hydrogen-bond donors (Lipinski definition) is 1. The molecule has 1 aromatic carbocycles. The standard InChI is InChI=1S/C15H18N2O2/c1-16-13-7-8-17-14(11-13)12-18-9-10-19-15-5-3-2-4-6-15/h2-8,11H,9-10,12H2,1H3,(H,16,17).